The molecule has 3 rings (SSSR count). The Morgan fingerprint density at radius 3 is 2.50 bits per heavy atom. The second-order valence-corrected chi connectivity index (χ2v) is 8.38. The van der Waals surface area contributed by atoms with Gasteiger partial charge in [0.05, 0.1) is 10.1 Å². The molecular formula is C17H20O2S. The van der Waals surface area contributed by atoms with Crippen molar-refractivity contribution in [2.45, 2.75) is 36.8 Å². The summed E-state index contributed by atoms with van der Waals surface area (Å²) in [5.41, 5.74) is 2.33. The van der Waals surface area contributed by atoms with Crippen LogP contribution in [0.4, 0.5) is 0 Å². The van der Waals surface area contributed by atoms with Crippen molar-refractivity contribution >= 4 is 9.84 Å². The van der Waals surface area contributed by atoms with E-state index in [2.05, 4.69) is 12.7 Å². The summed E-state index contributed by atoms with van der Waals surface area (Å²) in [6.07, 6.45) is 5.74. The first-order valence-corrected chi connectivity index (χ1v) is 8.57. The van der Waals surface area contributed by atoms with E-state index in [1.807, 2.05) is 32.1 Å². The van der Waals surface area contributed by atoms with E-state index in [-0.39, 0.29) is 10.7 Å². The average Bonchev–Trinajstić information content (AvgIpc) is 3.14. The van der Waals surface area contributed by atoms with Crippen LogP contribution in [0.15, 0.2) is 53.5 Å². The molecule has 2 unspecified atom stereocenters. The van der Waals surface area contributed by atoms with Crippen LogP contribution in [0.25, 0.3) is 0 Å². The van der Waals surface area contributed by atoms with E-state index in [9.17, 15) is 8.42 Å². The van der Waals surface area contributed by atoms with Crippen LogP contribution in [-0.4, -0.2) is 13.7 Å². The van der Waals surface area contributed by atoms with E-state index in [4.69, 9.17) is 0 Å². The zero-order valence-corrected chi connectivity index (χ0v) is 12.8. The molecule has 1 fully saturated rings. The number of hydrogen-bond acceptors (Lipinski definition) is 2. The van der Waals surface area contributed by atoms with Gasteiger partial charge in [-0.15, -0.1) is 0 Å². The molecule has 0 aromatic heterocycles. The summed E-state index contributed by atoms with van der Waals surface area (Å²) in [5, 5.41) is -0.384. The molecule has 20 heavy (non-hydrogen) atoms. The molecule has 0 bridgehead atoms. The smallest absolute Gasteiger partial charge is 0.184 e. The second kappa shape index (κ2) is 4.32. The highest BCUT2D eigenvalue weighted by Crippen LogP contribution is 2.63. The van der Waals surface area contributed by atoms with Gasteiger partial charge >= 0.3 is 0 Å². The lowest BCUT2D eigenvalue weighted by atomic mass is 9.89. The van der Waals surface area contributed by atoms with E-state index in [1.165, 1.54) is 0 Å². The zero-order valence-electron chi connectivity index (χ0n) is 12.0. The fraction of sp³-hybridized carbons (Fsp3) is 0.412. The zero-order chi connectivity index (χ0) is 14.5. The number of benzene rings is 1. The highest BCUT2D eigenvalue weighted by Gasteiger charge is 2.56. The fourth-order valence-electron chi connectivity index (χ4n) is 3.28. The van der Waals surface area contributed by atoms with Gasteiger partial charge < -0.3 is 0 Å². The SMILES string of the molecule is C=C(C)C12C=CC(S(=O)(=O)c3ccc(C)cc3)C[C@@H]1C2. The van der Waals surface area contributed by atoms with Gasteiger partial charge in [0, 0.05) is 5.41 Å². The van der Waals surface area contributed by atoms with Crippen molar-refractivity contribution < 1.29 is 8.42 Å². The number of hydrogen-bond donors (Lipinski definition) is 0. The van der Waals surface area contributed by atoms with Gasteiger partial charge in [-0.3, -0.25) is 0 Å². The normalized spacial score (nSPS) is 31.7. The minimum Gasteiger partial charge on any atom is -0.223 e. The molecule has 1 aromatic rings. The Balaban J connectivity index is 1.90. The van der Waals surface area contributed by atoms with Crippen LogP contribution < -0.4 is 0 Å². The number of aryl methyl sites for hydroxylation is 1. The molecule has 0 spiro atoms. The third kappa shape index (κ3) is 1.96. The number of allylic oxidation sites excluding steroid dienone is 2. The molecule has 106 valence electrons. The molecule has 0 radical (unpaired) electrons. The number of sulfone groups is 1. The Morgan fingerprint density at radius 1 is 1.30 bits per heavy atom. The van der Waals surface area contributed by atoms with Crippen molar-refractivity contribution in [1.29, 1.82) is 0 Å². The van der Waals surface area contributed by atoms with Crippen LogP contribution in [-0.2, 0) is 9.84 Å². The van der Waals surface area contributed by atoms with Crippen molar-refractivity contribution in [2.24, 2.45) is 11.3 Å². The quantitative estimate of drug-likeness (QED) is 0.795. The van der Waals surface area contributed by atoms with Gasteiger partial charge in [0.25, 0.3) is 0 Å². The van der Waals surface area contributed by atoms with Crippen molar-refractivity contribution in [3.05, 3.63) is 54.1 Å². The molecule has 1 aromatic carbocycles. The maximum absolute atomic E-state index is 12.7. The molecule has 2 aliphatic carbocycles. The molecule has 1 saturated carbocycles. The molecule has 0 heterocycles. The van der Waals surface area contributed by atoms with Gasteiger partial charge in [-0.1, -0.05) is 42.0 Å². The third-order valence-electron chi connectivity index (χ3n) is 4.82. The predicted molar refractivity (Wildman–Crippen MR) is 81.3 cm³/mol. The van der Waals surface area contributed by atoms with E-state index >= 15 is 0 Å². The lowest BCUT2D eigenvalue weighted by molar-refractivity contribution is 0.549. The Morgan fingerprint density at radius 2 is 1.95 bits per heavy atom. The van der Waals surface area contributed by atoms with Crippen LogP contribution in [0, 0.1) is 18.3 Å². The molecule has 3 heteroatoms. The summed E-state index contributed by atoms with van der Waals surface area (Å²) >= 11 is 0. The maximum atomic E-state index is 12.7. The third-order valence-corrected chi connectivity index (χ3v) is 6.90. The average molecular weight is 288 g/mol. The largest absolute Gasteiger partial charge is 0.223 e. The molecule has 0 amide bonds. The van der Waals surface area contributed by atoms with Crippen molar-refractivity contribution in [3.63, 3.8) is 0 Å². The summed E-state index contributed by atoms with van der Waals surface area (Å²) in [7, 11) is -3.25. The first-order chi connectivity index (χ1) is 9.36. The molecule has 2 aliphatic rings. The summed E-state index contributed by atoms with van der Waals surface area (Å²) in [6, 6.07) is 7.14. The molecular weight excluding hydrogens is 268 g/mol. The van der Waals surface area contributed by atoms with Crippen LogP contribution in [0.2, 0.25) is 0 Å². The van der Waals surface area contributed by atoms with Crippen LogP contribution >= 0.6 is 0 Å². The standard InChI is InChI=1S/C17H20O2S/c1-12(2)17-9-8-16(10-14(17)11-17)20(18,19)15-6-4-13(3)5-7-15/h4-9,14,16H,1,10-11H2,2-3H3/t14-,16?,17?/m1/s1. The highest BCUT2D eigenvalue weighted by molar-refractivity contribution is 7.92. The Hall–Kier alpha value is -1.35. The number of rotatable bonds is 3. The first-order valence-electron chi connectivity index (χ1n) is 7.02. The van der Waals surface area contributed by atoms with E-state index in [0.29, 0.717) is 10.8 Å². The topological polar surface area (TPSA) is 34.1 Å². The summed E-state index contributed by atoms with van der Waals surface area (Å²) < 4.78 is 25.3. The van der Waals surface area contributed by atoms with Gasteiger partial charge in [-0.2, -0.15) is 0 Å². The van der Waals surface area contributed by atoms with Gasteiger partial charge in [0.2, 0.25) is 0 Å². The second-order valence-electron chi connectivity index (χ2n) is 6.21. The Labute approximate surface area is 121 Å². The first kappa shape index (κ1) is 13.6. The van der Waals surface area contributed by atoms with E-state index < -0.39 is 9.84 Å². The molecule has 2 nitrogen and oxygen atoms in total. The molecule has 0 saturated heterocycles. The Kier molecular flexibility index (Phi) is 2.94. The minimum absolute atomic E-state index is 0.0965. The summed E-state index contributed by atoms with van der Waals surface area (Å²) in [4.78, 5) is 0.432. The summed E-state index contributed by atoms with van der Waals surface area (Å²) in [6.45, 7) is 8.05. The van der Waals surface area contributed by atoms with E-state index in [0.717, 1.165) is 24.0 Å². The van der Waals surface area contributed by atoms with Crippen LogP contribution in [0.1, 0.15) is 25.3 Å². The van der Waals surface area contributed by atoms with E-state index in [1.54, 1.807) is 12.1 Å². The van der Waals surface area contributed by atoms with Gasteiger partial charge in [-0.05, 0) is 44.7 Å². The summed E-state index contributed by atoms with van der Waals surface area (Å²) in [5.74, 6) is 0.454. The van der Waals surface area contributed by atoms with Gasteiger partial charge in [-0.25, -0.2) is 8.42 Å². The fourth-order valence-corrected chi connectivity index (χ4v) is 4.92. The molecule has 0 aliphatic heterocycles. The highest BCUT2D eigenvalue weighted by atomic mass is 32.2. The lowest BCUT2D eigenvalue weighted by Gasteiger charge is -2.23. The van der Waals surface area contributed by atoms with Crippen molar-refractivity contribution in [1.82, 2.24) is 0 Å². The number of fused-ring (bicyclic) bond motifs is 1. The Bertz CT molecular complexity index is 682. The van der Waals surface area contributed by atoms with Crippen molar-refractivity contribution in [2.75, 3.05) is 0 Å². The lowest BCUT2D eigenvalue weighted by Crippen LogP contribution is -2.24. The minimum atomic E-state index is -3.25. The van der Waals surface area contributed by atoms with Crippen LogP contribution in [0.5, 0.6) is 0 Å². The van der Waals surface area contributed by atoms with Gasteiger partial charge in [0.15, 0.2) is 9.84 Å². The predicted octanol–water partition coefficient (Wildman–Crippen LogP) is 3.68. The van der Waals surface area contributed by atoms with Crippen molar-refractivity contribution in [3.8, 4) is 0 Å². The van der Waals surface area contributed by atoms with Crippen LogP contribution in [0.3, 0.4) is 0 Å². The molecule has 0 N–H and O–H groups in total. The maximum Gasteiger partial charge on any atom is 0.184 e. The monoisotopic (exact) mass is 288 g/mol. The molecule has 3 atom stereocenters. The van der Waals surface area contributed by atoms with Gasteiger partial charge in [0.1, 0.15) is 0 Å².